The minimum absolute atomic E-state index is 0.0477. The number of benzene rings is 3. The van der Waals surface area contributed by atoms with E-state index in [9.17, 15) is 13.2 Å². The van der Waals surface area contributed by atoms with Crippen LogP contribution in [-0.2, 0) is 16.2 Å². The van der Waals surface area contributed by atoms with E-state index in [4.69, 9.17) is 5.26 Å². The molecule has 6 rings (SSSR count). The third-order valence-corrected chi connectivity index (χ3v) is 7.98. The normalized spacial score (nSPS) is 12.1. The SMILES string of the molecule is CC(C)(C)c1c[nH]c2ccc(C#N)cc12.CC(C)(C)c1c[nH]c2ccc(F)cc12.Cc1c(F)cc2c(C(C)(C)C)c[nH]c2c1F. The number of fused-ring (bicyclic) bond motifs is 3. The molecule has 0 aliphatic rings. The number of halogens is 3. The maximum atomic E-state index is 13.8. The molecule has 3 aromatic heterocycles. The molecular formula is C38H43F3N4. The molecule has 7 heteroatoms. The van der Waals surface area contributed by atoms with E-state index in [-0.39, 0.29) is 27.6 Å². The van der Waals surface area contributed by atoms with Crippen LogP contribution in [0.3, 0.4) is 0 Å². The first-order chi connectivity index (χ1) is 20.8. The van der Waals surface area contributed by atoms with E-state index in [1.807, 2.05) is 51.4 Å². The Morgan fingerprint density at radius 2 is 1.07 bits per heavy atom. The van der Waals surface area contributed by atoms with Crippen LogP contribution in [0.2, 0.25) is 0 Å². The Bertz CT molecular complexity index is 2010. The van der Waals surface area contributed by atoms with Crippen LogP contribution >= 0.6 is 0 Å². The second kappa shape index (κ2) is 12.2. The molecule has 0 fully saturated rings. The smallest absolute Gasteiger partial charge is 0.153 e. The zero-order chi connectivity index (χ0) is 33.5. The zero-order valence-electron chi connectivity index (χ0n) is 27.9. The van der Waals surface area contributed by atoms with E-state index >= 15 is 0 Å². The van der Waals surface area contributed by atoms with Gasteiger partial charge in [0.15, 0.2) is 5.82 Å². The zero-order valence-corrected chi connectivity index (χ0v) is 27.9. The Balaban J connectivity index is 0.000000154. The third kappa shape index (κ3) is 7.12. The summed E-state index contributed by atoms with van der Waals surface area (Å²) in [6, 6.07) is 14.2. The number of nitrogens with one attached hydrogen (secondary N) is 3. The summed E-state index contributed by atoms with van der Waals surface area (Å²) in [4.78, 5) is 9.28. The van der Waals surface area contributed by atoms with Gasteiger partial charge in [-0.1, -0.05) is 62.3 Å². The summed E-state index contributed by atoms with van der Waals surface area (Å²) in [5.74, 6) is -1.16. The van der Waals surface area contributed by atoms with Crippen molar-refractivity contribution in [3.63, 3.8) is 0 Å². The molecule has 0 spiro atoms. The highest BCUT2D eigenvalue weighted by Gasteiger charge is 2.22. The molecule has 45 heavy (non-hydrogen) atoms. The molecular weight excluding hydrogens is 569 g/mol. The summed E-state index contributed by atoms with van der Waals surface area (Å²) in [5.41, 5.74) is 6.63. The molecule has 0 saturated carbocycles. The van der Waals surface area contributed by atoms with Crippen molar-refractivity contribution in [1.29, 1.82) is 5.26 Å². The van der Waals surface area contributed by atoms with Gasteiger partial charge in [0.05, 0.1) is 17.1 Å². The van der Waals surface area contributed by atoms with Gasteiger partial charge in [-0.25, -0.2) is 13.2 Å². The van der Waals surface area contributed by atoms with Crippen molar-refractivity contribution in [2.75, 3.05) is 0 Å². The summed E-state index contributed by atoms with van der Waals surface area (Å²) in [5, 5.41) is 11.6. The fraction of sp³-hybridized carbons (Fsp3) is 0.342. The van der Waals surface area contributed by atoms with Crippen LogP contribution in [0.4, 0.5) is 13.2 Å². The first kappa shape index (κ1) is 33.5. The molecule has 3 heterocycles. The predicted octanol–water partition coefficient (Wildman–Crippen LogP) is 11.0. The third-order valence-electron chi connectivity index (χ3n) is 7.98. The van der Waals surface area contributed by atoms with Crippen molar-refractivity contribution in [1.82, 2.24) is 15.0 Å². The molecule has 0 bridgehead atoms. The van der Waals surface area contributed by atoms with Gasteiger partial charge in [-0.05, 0) is 82.3 Å². The number of rotatable bonds is 0. The molecule has 3 N–H and O–H groups in total. The molecule has 3 aromatic carbocycles. The number of nitriles is 1. The van der Waals surface area contributed by atoms with Crippen molar-refractivity contribution in [3.8, 4) is 6.07 Å². The monoisotopic (exact) mass is 612 g/mol. The molecule has 0 aliphatic carbocycles. The van der Waals surface area contributed by atoms with Gasteiger partial charge in [0.25, 0.3) is 0 Å². The minimum Gasteiger partial charge on any atom is -0.361 e. The van der Waals surface area contributed by atoms with E-state index in [1.165, 1.54) is 24.6 Å². The molecule has 0 atom stereocenters. The van der Waals surface area contributed by atoms with E-state index in [2.05, 4.69) is 62.6 Å². The highest BCUT2D eigenvalue weighted by molar-refractivity contribution is 5.86. The molecule has 0 saturated heterocycles. The van der Waals surface area contributed by atoms with Gasteiger partial charge < -0.3 is 15.0 Å². The van der Waals surface area contributed by atoms with Gasteiger partial charge in [0.1, 0.15) is 11.6 Å². The van der Waals surface area contributed by atoms with Gasteiger partial charge >= 0.3 is 0 Å². The van der Waals surface area contributed by atoms with Crippen molar-refractivity contribution in [2.24, 2.45) is 0 Å². The van der Waals surface area contributed by atoms with Crippen LogP contribution in [0.25, 0.3) is 32.7 Å². The van der Waals surface area contributed by atoms with Gasteiger partial charge in [-0.3, -0.25) is 0 Å². The van der Waals surface area contributed by atoms with Crippen LogP contribution in [0, 0.1) is 35.7 Å². The number of nitrogens with zero attached hydrogens (tertiary/aromatic N) is 1. The highest BCUT2D eigenvalue weighted by atomic mass is 19.1. The maximum absolute atomic E-state index is 13.8. The van der Waals surface area contributed by atoms with E-state index in [0.29, 0.717) is 16.5 Å². The van der Waals surface area contributed by atoms with Gasteiger partial charge in [0, 0.05) is 51.3 Å². The quantitative estimate of drug-likeness (QED) is 0.157. The molecule has 0 unspecified atom stereocenters. The summed E-state index contributed by atoms with van der Waals surface area (Å²) >= 11 is 0. The fourth-order valence-corrected chi connectivity index (χ4v) is 5.44. The van der Waals surface area contributed by atoms with E-state index < -0.39 is 11.6 Å². The van der Waals surface area contributed by atoms with Crippen molar-refractivity contribution >= 4 is 32.7 Å². The number of aromatic nitrogens is 3. The van der Waals surface area contributed by atoms with Crippen molar-refractivity contribution < 1.29 is 13.2 Å². The lowest BCUT2D eigenvalue weighted by atomic mass is 9.86. The number of hydrogen-bond donors (Lipinski definition) is 3. The molecule has 6 aromatic rings. The Morgan fingerprint density at radius 3 is 1.58 bits per heavy atom. The van der Waals surface area contributed by atoms with Crippen molar-refractivity contribution in [3.05, 3.63) is 106 Å². The van der Waals surface area contributed by atoms with Crippen LogP contribution < -0.4 is 0 Å². The standard InChI is InChI=1S/C13H15F2N.C13H14N2.C12H14FN/c1-7-10(14)5-8-9(13(2,3)4)6-16-12(8)11(7)15;1-13(2,3)11-8-15-12-5-4-9(7-14)6-10(11)12;1-12(2,3)10-7-14-11-5-4-8(13)6-9(10)11/h5-6,16H,1-4H3;4-6,8,15H,1-3H3;4-7,14H,1-3H3. The van der Waals surface area contributed by atoms with Crippen LogP contribution in [0.5, 0.6) is 0 Å². The van der Waals surface area contributed by atoms with Crippen molar-refractivity contribution in [2.45, 2.75) is 85.5 Å². The van der Waals surface area contributed by atoms with E-state index in [1.54, 1.807) is 18.3 Å². The van der Waals surface area contributed by atoms with Gasteiger partial charge in [-0.2, -0.15) is 5.26 Å². The number of aromatic amines is 3. The Hall–Kier alpha value is -4.44. The van der Waals surface area contributed by atoms with Crippen LogP contribution in [-0.4, -0.2) is 15.0 Å². The molecule has 236 valence electrons. The highest BCUT2D eigenvalue weighted by Crippen LogP contribution is 2.33. The maximum Gasteiger partial charge on any atom is 0.153 e. The first-order valence-electron chi connectivity index (χ1n) is 15.1. The lowest BCUT2D eigenvalue weighted by molar-refractivity contribution is 0.574. The first-order valence-corrected chi connectivity index (χ1v) is 15.1. The summed E-state index contributed by atoms with van der Waals surface area (Å²) in [6.07, 6.45) is 5.75. The summed E-state index contributed by atoms with van der Waals surface area (Å²) in [6.45, 7) is 20.4. The second-order valence-electron chi connectivity index (χ2n) is 14.6. The minimum atomic E-state index is -0.495. The largest absolute Gasteiger partial charge is 0.361 e. The summed E-state index contributed by atoms with van der Waals surface area (Å²) < 4.78 is 40.4. The lowest BCUT2D eigenvalue weighted by Gasteiger charge is -2.17. The Morgan fingerprint density at radius 1 is 0.600 bits per heavy atom. The predicted molar refractivity (Wildman–Crippen MR) is 180 cm³/mol. The van der Waals surface area contributed by atoms with E-state index in [0.717, 1.165) is 32.9 Å². The summed E-state index contributed by atoms with van der Waals surface area (Å²) in [7, 11) is 0. The second-order valence-corrected chi connectivity index (χ2v) is 14.6. The molecule has 0 amide bonds. The van der Waals surface area contributed by atoms with Crippen LogP contribution in [0.15, 0.2) is 61.1 Å². The van der Waals surface area contributed by atoms with Crippen LogP contribution in [0.1, 0.15) is 90.1 Å². The lowest BCUT2D eigenvalue weighted by Crippen LogP contribution is -2.10. The molecule has 0 aliphatic heterocycles. The molecule has 4 nitrogen and oxygen atoms in total. The Kier molecular flexibility index (Phi) is 9.04. The average molecular weight is 613 g/mol. The number of H-pyrrole nitrogens is 3. The topological polar surface area (TPSA) is 71.2 Å². The van der Waals surface area contributed by atoms with Gasteiger partial charge in [-0.15, -0.1) is 0 Å². The Labute approximate surface area is 263 Å². The number of hydrogen-bond acceptors (Lipinski definition) is 1. The molecule has 0 radical (unpaired) electrons. The average Bonchev–Trinajstić information content (AvgIpc) is 3.67. The fourth-order valence-electron chi connectivity index (χ4n) is 5.44. The van der Waals surface area contributed by atoms with Gasteiger partial charge in [0.2, 0.25) is 0 Å².